The number of nitrogens with two attached hydrogens (primary N) is 1. The van der Waals surface area contributed by atoms with Crippen LogP contribution < -0.4 is 5.84 Å². The zero-order chi connectivity index (χ0) is 10.2. The molecule has 0 bridgehead atoms. The van der Waals surface area contributed by atoms with Crippen molar-refractivity contribution in [1.82, 2.24) is 5.01 Å². The van der Waals surface area contributed by atoms with Gasteiger partial charge in [-0.1, -0.05) is 30.3 Å². The van der Waals surface area contributed by atoms with Crippen molar-refractivity contribution in [3.8, 4) is 0 Å². The maximum Gasteiger partial charge on any atom is 0.327 e. The van der Waals surface area contributed by atoms with Crippen molar-refractivity contribution in [3.05, 3.63) is 35.9 Å². The topological polar surface area (TPSA) is 46.3 Å². The highest BCUT2D eigenvalue weighted by molar-refractivity contribution is 5.46. The summed E-state index contributed by atoms with van der Waals surface area (Å²) < 4.78 is 0. The molecular weight excluding hydrogens is 176 g/mol. The molecule has 0 aliphatic heterocycles. The van der Waals surface area contributed by atoms with Crippen LogP contribution in [0.3, 0.4) is 0 Å². The molecule has 0 saturated carbocycles. The van der Waals surface area contributed by atoms with Crippen molar-refractivity contribution in [2.24, 2.45) is 5.84 Å². The fraction of sp³-hybridized carbons (Fsp3) is 0.364. The Morgan fingerprint density at radius 3 is 2.57 bits per heavy atom. The van der Waals surface area contributed by atoms with E-state index in [0.717, 1.165) is 24.3 Å². The number of aryl methyl sites for hydroxylation is 1. The predicted molar refractivity (Wildman–Crippen MR) is 56.0 cm³/mol. The van der Waals surface area contributed by atoms with Crippen molar-refractivity contribution in [3.63, 3.8) is 0 Å². The quantitative estimate of drug-likeness (QED) is 0.242. The van der Waals surface area contributed by atoms with Gasteiger partial charge < -0.3 is 0 Å². The minimum absolute atomic E-state index is 0.580. The van der Waals surface area contributed by atoms with Gasteiger partial charge in [-0.25, -0.2) is 5.84 Å². The van der Waals surface area contributed by atoms with E-state index in [2.05, 4.69) is 12.1 Å². The molecule has 1 aromatic carbocycles. The van der Waals surface area contributed by atoms with Gasteiger partial charge in [-0.05, 0) is 24.8 Å². The summed E-state index contributed by atoms with van der Waals surface area (Å²) in [6, 6.07) is 10.3. The van der Waals surface area contributed by atoms with Crippen molar-refractivity contribution in [2.75, 3.05) is 6.54 Å². The highest BCUT2D eigenvalue weighted by Crippen LogP contribution is 2.04. The molecule has 2 N–H and O–H groups in total. The first-order valence-corrected chi connectivity index (χ1v) is 4.77. The minimum Gasteiger partial charge on any atom is -0.272 e. The second-order valence-corrected chi connectivity index (χ2v) is 3.23. The molecule has 14 heavy (non-hydrogen) atoms. The van der Waals surface area contributed by atoms with E-state index < -0.39 is 0 Å². The molecule has 0 fully saturated rings. The first kappa shape index (κ1) is 10.7. The van der Waals surface area contributed by atoms with E-state index in [1.807, 2.05) is 18.2 Å². The van der Waals surface area contributed by atoms with Crippen LogP contribution in [0.25, 0.3) is 0 Å². The number of benzene rings is 1. The standard InChI is InChI=1S/C11H15N2O/c12-13(10-14)9-5-4-8-11-6-2-1-3-7-11/h1-3,6-7H,4-5,8-9,12H2. The third-order valence-electron chi connectivity index (χ3n) is 2.07. The molecule has 3 heteroatoms. The summed E-state index contributed by atoms with van der Waals surface area (Å²) in [5.41, 5.74) is 1.33. The van der Waals surface area contributed by atoms with E-state index in [4.69, 9.17) is 5.84 Å². The van der Waals surface area contributed by atoms with Gasteiger partial charge in [-0.2, -0.15) is 0 Å². The molecule has 0 unspecified atom stereocenters. The fourth-order valence-corrected chi connectivity index (χ4v) is 1.30. The van der Waals surface area contributed by atoms with Gasteiger partial charge in [0, 0.05) is 6.54 Å². The van der Waals surface area contributed by atoms with Crippen molar-refractivity contribution >= 4 is 6.41 Å². The molecule has 0 saturated heterocycles. The smallest absolute Gasteiger partial charge is 0.272 e. The number of carbonyl (C=O) groups excluding carboxylic acids is 1. The summed E-state index contributed by atoms with van der Waals surface area (Å²) in [5.74, 6) is 5.26. The summed E-state index contributed by atoms with van der Waals surface area (Å²) in [5, 5.41) is 1.06. The van der Waals surface area contributed by atoms with Gasteiger partial charge in [-0.15, -0.1) is 0 Å². The molecular formula is C11H15N2O. The lowest BCUT2D eigenvalue weighted by Crippen LogP contribution is -2.30. The van der Waals surface area contributed by atoms with Gasteiger partial charge >= 0.3 is 6.41 Å². The monoisotopic (exact) mass is 191 g/mol. The number of nitrogens with zero attached hydrogens (tertiary/aromatic N) is 1. The maximum absolute atomic E-state index is 10.0. The summed E-state index contributed by atoms with van der Waals surface area (Å²) >= 11 is 0. The molecule has 0 aromatic heterocycles. The van der Waals surface area contributed by atoms with Gasteiger partial charge in [-0.3, -0.25) is 9.80 Å². The van der Waals surface area contributed by atoms with Gasteiger partial charge in [0.1, 0.15) is 0 Å². The second-order valence-electron chi connectivity index (χ2n) is 3.23. The molecule has 1 amide bonds. The normalized spacial score (nSPS) is 9.79. The van der Waals surface area contributed by atoms with Crippen LogP contribution in [0.2, 0.25) is 0 Å². The Balaban J connectivity index is 2.13. The van der Waals surface area contributed by atoms with Gasteiger partial charge in [0.25, 0.3) is 0 Å². The molecule has 0 spiro atoms. The number of amides is 1. The Labute approximate surface area is 84.5 Å². The molecule has 0 atom stereocenters. The average Bonchev–Trinajstić information content (AvgIpc) is 2.25. The SMILES string of the molecule is NN([C]=O)CCCCc1ccccc1. The molecule has 0 aliphatic carbocycles. The highest BCUT2D eigenvalue weighted by atomic mass is 16.1. The first-order valence-electron chi connectivity index (χ1n) is 4.77. The van der Waals surface area contributed by atoms with Crippen molar-refractivity contribution in [1.29, 1.82) is 0 Å². The van der Waals surface area contributed by atoms with Crippen LogP contribution in [0, 0.1) is 0 Å². The summed E-state index contributed by atoms with van der Waals surface area (Å²) in [7, 11) is 0. The average molecular weight is 191 g/mol. The lowest BCUT2D eigenvalue weighted by atomic mass is 10.1. The van der Waals surface area contributed by atoms with E-state index in [0.29, 0.717) is 6.54 Å². The Morgan fingerprint density at radius 2 is 1.93 bits per heavy atom. The van der Waals surface area contributed by atoms with Crippen LogP contribution in [0.5, 0.6) is 0 Å². The van der Waals surface area contributed by atoms with Crippen molar-refractivity contribution in [2.45, 2.75) is 19.3 Å². The van der Waals surface area contributed by atoms with E-state index >= 15 is 0 Å². The molecule has 1 rings (SSSR count). The van der Waals surface area contributed by atoms with Crippen LogP contribution >= 0.6 is 0 Å². The minimum atomic E-state index is 0.580. The Bertz CT molecular complexity index is 261. The number of rotatable bonds is 6. The molecule has 1 aromatic rings. The summed E-state index contributed by atoms with van der Waals surface area (Å²) in [6.07, 6.45) is 4.62. The Hall–Kier alpha value is -1.35. The summed E-state index contributed by atoms with van der Waals surface area (Å²) in [4.78, 5) is 10.0. The van der Waals surface area contributed by atoms with Crippen LogP contribution in [0.4, 0.5) is 0 Å². The molecule has 1 radical (unpaired) electrons. The maximum atomic E-state index is 10.0. The van der Waals surface area contributed by atoms with Crippen LogP contribution in [-0.4, -0.2) is 18.0 Å². The Kier molecular flexibility index (Phi) is 4.72. The fourth-order valence-electron chi connectivity index (χ4n) is 1.30. The van der Waals surface area contributed by atoms with Crippen LogP contribution in [0.15, 0.2) is 30.3 Å². The molecule has 75 valence electrons. The van der Waals surface area contributed by atoms with E-state index in [-0.39, 0.29) is 0 Å². The molecule has 3 nitrogen and oxygen atoms in total. The summed E-state index contributed by atoms with van der Waals surface area (Å²) in [6.45, 7) is 0.580. The largest absolute Gasteiger partial charge is 0.327 e. The molecule has 0 aliphatic rings. The highest BCUT2D eigenvalue weighted by Gasteiger charge is 1.96. The van der Waals surface area contributed by atoms with Crippen LogP contribution in [0.1, 0.15) is 18.4 Å². The van der Waals surface area contributed by atoms with Gasteiger partial charge in [0.05, 0.1) is 0 Å². The number of unbranched alkanes of at least 4 members (excludes halogenated alkanes) is 1. The van der Waals surface area contributed by atoms with E-state index in [1.54, 1.807) is 6.41 Å². The van der Waals surface area contributed by atoms with E-state index in [9.17, 15) is 4.79 Å². The third kappa shape index (κ3) is 4.05. The van der Waals surface area contributed by atoms with Crippen LogP contribution in [-0.2, 0) is 11.2 Å². The Morgan fingerprint density at radius 1 is 1.21 bits per heavy atom. The molecule has 0 heterocycles. The van der Waals surface area contributed by atoms with Gasteiger partial charge in [0.2, 0.25) is 0 Å². The number of hydrogen-bond acceptors (Lipinski definition) is 2. The second kappa shape index (κ2) is 6.16. The first-order chi connectivity index (χ1) is 6.83. The van der Waals surface area contributed by atoms with Gasteiger partial charge in [0.15, 0.2) is 0 Å². The zero-order valence-corrected chi connectivity index (χ0v) is 8.15. The predicted octanol–water partition coefficient (Wildman–Crippen LogP) is 1.25. The number of hydrogen-bond donors (Lipinski definition) is 1. The van der Waals surface area contributed by atoms with E-state index in [1.165, 1.54) is 5.56 Å². The third-order valence-corrected chi connectivity index (χ3v) is 2.07. The lowest BCUT2D eigenvalue weighted by Gasteiger charge is -2.07. The zero-order valence-electron chi connectivity index (χ0n) is 8.15. The van der Waals surface area contributed by atoms with Crippen molar-refractivity contribution < 1.29 is 4.79 Å². The number of hydrazine groups is 1. The lowest BCUT2D eigenvalue weighted by molar-refractivity contribution is 0.382.